The molecule has 0 bridgehead atoms. The first-order valence-electron chi connectivity index (χ1n) is 5.74. The molecule has 0 fully saturated rings. The minimum Gasteiger partial charge on any atom is -0.298 e. The number of aromatic nitrogens is 1. The standard InChI is InChI=1S/C15H15NO/c1-11(2)15-13(10-17)8-9-14(16-15)12-6-4-3-5-7-12/h3-11H,1-2H3. The molecule has 1 heterocycles. The van der Waals surface area contributed by atoms with Gasteiger partial charge in [-0.1, -0.05) is 44.2 Å². The van der Waals surface area contributed by atoms with Gasteiger partial charge in [0.15, 0.2) is 6.29 Å². The van der Waals surface area contributed by atoms with E-state index in [2.05, 4.69) is 4.98 Å². The molecule has 2 rings (SSSR count). The second-order valence-electron chi connectivity index (χ2n) is 4.31. The molecule has 0 saturated heterocycles. The van der Waals surface area contributed by atoms with Crippen molar-refractivity contribution in [3.05, 3.63) is 53.7 Å². The minimum atomic E-state index is 0.249. The number of carbonyl (C=O) groups is 1. The van der Waals surface area contributed by atoms with Crippen molar-refractivity contribution in [2.75, 3.05) is 0 Å². The highest BCUT2D eigenvalue weighted by atomic mass is 16.1. The molecule has 0 atom stereocenters. The van der Waals surface area contributed by atoms with Crippen LogP contribution < -0.4 is 0 Å². The summed E-state index contributed by atoms with van der Waals surface area (Å²) in [5.74, 6) is 0.249. The lowest BCUT2D eigenvalue weighted by Crippen LogP contribution is -2.00. The van der Waals surface area contributed by atoms with Gasteiger partial charge in [0.1, 0.15) is 0 Å². The lowest BCUT2D eigenvalue weighted by atomic mass is 10.0. The van der Waals surface area contributed by atoms with Crippen LogP contribution >= 0.6 is 0 Å². The number of benzene rings is 1. The highest BCUT2D eigenvalue weighted by Gasteiger charge is 2.09. The Balaban J connectivity index is 2.51. The van der Waals surface area contributed by atoms with Crippen LogP contribution in [0.1, 0.15) is 35.8 Å². The van der Waals surface area contributed by atoms with E-state index in [-0.39, 0.29) is 5.92 Å². The molecule has 0 spiro atoms. The monoisotopic (exact) mass is 225 g/mol. The van der Waals surface area contributed by atoms with E-state index in [1.54, 1.807) is 0 Å². The van der Waals surface area contributed by atoms with Crippen molar-refractivity contribution in [1.82, 2.24) is 4.98 Å². The third-order valence-corrected chi connectivity index (χ3v) is 2.70. The van der Waals surface area contributed by atoms with E-state index in [0.29, 0.717) is 5.56 Å². The number of pyridine rings is 1. The second kappa shape index (κ2) is 4.91. The van der Waals surface area contributed by atoms with Crippen molar-refractivity contribution in [2.45, 2.75) is 19.8 Å². The van der Waals surface area contributed by atoms with Crippen molar-refractivity contribution >= 4 is 6.29 Å². The molecule has 0 aliphatic rings. The molecule has 0 N–H and O–H groups in total. The maximum Gasteiger partial charge on any atom is 0.151 e. The van der Waals surface area contributed by atoms with Crippen LogP contribution in [0.5, 0.6) is 0 Å². The fourth-order valence-electron chi connectivity index (χ4n) is 1.82. The molecule has 1 aromatic heterocycles. The lowest BCUT2D eigenvalue weighted by molar-refractivity contribution is 0.112. The van der Waals surface area contributed by atoms with E-state index < -0.39 is 0 Å². The number of carbonyl (C=O) groups excluding carboxylic acids is 1. The normalized spacial score (nSPS) is 10.5. The highest BCUT2D eigenvalue weighted by molar-refractivity contribution is 5.78. The summed E-state index contributed by atoms with van der Waals surface area (Å²) in [6.45, 7) is 4.09. The molecule has 0 aliphatic carbocycles. The first-order chi connectivity index (χ1) is 8.22. The molecule has 2 heteroatoms. The van der Waals surface area contributed by atoms with E-state index >= 15 is 0 Å². The minimum absolute atomic E-state index is 0.249. The summed E-state index contributed by atoms with van der Waals surface area (Å²) in [5.41, 5.74) is 3.53. The lowest BCUT2D eigenvalue weighted by Gasteiger charge is -2.10. The van der Waals surface area contributed by atoms with Crippen LogP contribution in [0.2, 0.25) is 0 Å². The van der Waals surface area contributed by atoms with E-state index in [1.165, 1.54) is 0 Å². The number of rotatable bonds is 3. The van der Waals surface area contributed by atoms with Gasteiger partial charge >= 0.3 is 0 Å². The second-order valence-corrected chi connectivity index (χ2v) is 4.31. The Kier molecular flexibility index (Phi) is 3.33. The molecular formula is C15H15NO. The zero-order valence-electron chi connectivity index (χ0n) is 10.1. The molecule has 1 aromatic carbocycles. The quantitative estimate of drug-likeness (QED) is 0.746. The molecule has 86 valence electrons. The summed E-state index contributed by atoms with van der Waals surface area (Å²) in [6.07, 6.45) is 0.872. The first kappa shape index (κ1) is 11.5. The first-order valence-corrected chi connectivity index (χ1v) is 5.74. The van der Waals surface area contributed by atoms with Crippen molar-refractivity contribution in [2.24, 2.45) is 0 Å². The van der Waals surface area contributed by atoms with Crippen molar-refractivity contribution in [3.8, 4) is 11.3 Å². The van der Waals surface area contributed by atoms with Gasteiger partial charge < -0.3 is 0 Å². The predicted molar refractivity (Wildman–Crippen MR) is 69.1 cm³/mol. The maximum atomic E-state index is 10.9. The van der Waals surface area contributed by atoms with Crippen LogP contribution in [0, 0.1) is 0 Å². The summed E-state index contributed by atoms with van der Waals surface area (Å²) in [5, 5.41) is 0. The van der Waals surface area contributed by atoms with Gasteiger partial charge in [0.25, 0.3) is 0 Å². The summed E-state index contributed by atoms with van der Waals surface area (Å²) in [6, 6.07) is 13.7. The predicted octanol–water partition coefficient (Wildman–Crippen LogP) is 3.68. The number of aldehydes is 1. The Labute approximate surface area is 101 Å². The summed E-state index contributed by atoms with van der Waals surface area (Å²) < 4.78 is 0. The largest absolute Gasteiger partial charge is 0.298 e. The fraction of sp³-hybridized carbons (Fsp3) is 0.200. The molecule has 0 amide bonds. The van der Waals surface area contributed by atoms with Gasteiger partial charge in [-0.25, -0.2) is 0 Å². The van der Waals surface area contributed by atoms with Crippen LogP contribution in [0.4, 0.5) is 0 Å². The van der Waals surface area contributed by atoms with Crippen LogP contribution in [0.25, 0.3) is 11.3 Å². The van der Waals surface area contributed by atoms with Crippen LogP contribution in [-0.4, -0.2) is 11.3 Å². The average molecular weight is 225 g/mol. The highest BCUT2D eigenvalue weighted by Crippen LogP contribution is 2.22. The molecule has 0 radical (unpaired) electrons. The van der Waals surface area contributed by atoms with Gasteiger partial charge in [-0.05, 0) is 18.1 Å². The van der Waals surface area contributed by atoms with Gasteiger partial charge in [0.05, 0.1) is 11.4 Å². The molecule has 0 saturated carbocycles. The summed E-state index contributed by atoms with van der Waals surface area (Å²) >= 11 is 0. The van der Waals surface area contributed by atoms with Gasteiger partial charge in [-0.3, -0.25) is 9.78 Å². The molecule has 2 nitrogen and oxygen atoms in total. The van der Waals surface area contributed by atoms with Crippen molar-refractivity contribution in [3.63, 3.8) is 0 Å². The molecule has 2 aromatic rings. The molecular weight excluding hydrogens is 210 g/mol. The Hall–Kier alpha value is -1.96. The topological polar surface area (TPSA) is 30.0 Å². The Morgan fingerprint density at radius 1 is 1.06 bits per heavy atom. The van der Waals surface area contributed by atoms with E-state index in [1.807, 2.05) is 56.3 Å². The van der Waals surface area contributed by atoms with Crippen molar-refractivity contribution < 1.29 is 4.79 Å². The Bertz CT molecular complexity index is 518. The third kappa shape index (κ3) is 2.41. The van der Waals surface area contributed by atoms with E-state index in [0.717, 1.165) is 23.2 Å². The summed E-state index contributed by atoms with van der Waals surface area (Å²) in [7, 11) is 0. The molecule has 0 aliphatic heterocycles. The van der Waals surface area contributed by atoms with Gasteiger partial charge in [0.2, 0.25) is 0 Å². The average Bonchev–Trinajstić information content (AvgIpc) is 2.39. The Morgan fingerprint density at radius 3 is 2.35 bits per heavy atom. The zero-order valence-corrected chi connectivity index (χ0v) is 10.1. The number of hydrogen-bond acceptors (Lipinski definition) is 2. The van der Waals surface area contributed by atoms with Gasteiger partial charge in [0, 0.05) is 11.1 Å². The maximum absolute atomic E-state index is 10.9. The van der Waals surface area contributed by atoms with Crippen molar-refractivity contribution in [1.29, 1.82) is 0 Å². The van der Waals surface area contributed by atoms with Crippen LogP contribution in [0.15, 0.2) is 42.5 Å². The van der Waals surface area contributed by atoms with Gasteiger partial charge in [-0.15, -0.1) is 0 Å². The number of nitrogens with zero attached hydrogens (tertiary/aromatic N) is 1. The smallest absolute Gasteiger partial charge is 0.151 e. The zero-order chi connectivity index (χ0) is 12.3. The van der Waals surface area contributed by atoms with E-state index in [9.17, 15) is 4.79 Å². The van der Waals surface area contributed by atoms with Gasteiger partial charge in [-0.2, -0.15) is 0 Å². The third-order valence-electron chi connectivity index (χ3n) is 2.70. The Morgan fingerprint density at radius 2 is 1.76 bits per heavy atom. The molecule has 0 unspecified atom stereocenters. The van der Waals surface area contributed by atoms with Crippen LogP contribution in [-0.2, 0) is 0 Å². The summed E-state index contributed by atoms with van der Waals surface area (Å²) in [4.78, 5) is 15.5. The SMILES string of the molecule is CC(C)c1nc(-c2ccccc2)ccc1C=O. The number of hydrogen-bond donors (Lipinski definition) is 0. The van der Waals surface area contributed by atoms with Crippen LogP contribution in [0.3, 0.4) is 0 Å². The van der Waals surface area contributed by atoms with E-state index in [4.69, 9.17) is 0 Å². The fourth-order valence-corrected chi connectivity index (χ4v) is 1.82. The molecule has 17 heavy (non-hydrogen) atoms.